The minimum atomic E-state index is -0.226. The van der Waals surface area contributed by atoms with Gasteiger partial charge in [0.2, 0.25) is 5.91 Å². The van der Waals surface area contributed by atoms with Crippen LogP contribution in [0.25, 0.3) is 10.9 Å². The molecule has 4 heteroatoms. The van der Waals surface area contributed by atoms with Gasteiger partial charge in [-0.1, -0.05) is 18.2 Å². The Labute approximate surface area is 118 Å². The Bertz CT molecular complexity index is 611. The second-order valence-corrected chi connectivity index (χ2v) is 5.68. The van der Waals surface area contributed by atoms with Gasteiger partial charge in [0.25, 0.3) is 0 Å². The topological polar surface area (TPSA) is 62.1 Å². The summed E-state index contributed by atoms with van der Waals surface area (Å²) in [5.74, 6) is 0.345. The highest BCUT2D eigenvalue weighted by molar-refractivity contribution is 5.83. The van der Waals surface area contributed by atoms with Crippen molar-refractivity contribution in [2.24, 2.45) is 5.73 Å². The Morgan fingerprint density at radius 3 is 2.75 bits per heavy atom. The second kappa shape index (κ2) is 5.29. The number of nitrogens with zero attached hydrogens (tertiary/aromatic N) is 1. The first-order valence-corrected chi connectivity index (χ1v) is 7.26. The number of H-pyrrole nitrogens is 1. The number of hydrogen-bond donors (Lipinski definition) is 2. The molecule has 1 aromatic carbocycles. The third kappa shape index (κ3) is 2.31. The fraction of sp³-hybridized carbons (Fsp3) is 0.438. The molecule has 1 aliphatic rings. The number of benzene rings is 1. The first kappa shape index (κ1) is 13.2. The molecule has 3 rings (SSSR count). The fourth-order valence-electron chi connectivity index (χ4n) is 3.21. The van der Waals surface area contributed by atoms with Gasteiger partial charge in [0.05, 0.1) is 6.04 Å². The molecule has 106 valence electrons. The van der Waals surface area contributed by atoms with Gasteiger partial charge in [-0.3, -0.25) is 9.69 Å². The van der Waals surface area contributed by atoms with Gasteiger partial charge in [0, 0.05) is 17.1 Å². The average molecular weight is 271 g/mol. The smallest absolute Gasteiger partial charge is 0.234 e. The van der Waals surface area contributed by atoms with Crippen LogP contribution < -0.4 is 5.73 Å². The molecule has 20 heavy (non-hydrogen) atoms. The molecular weight excluding hydrogens is 250 g/mol. The zero-order chi connectivity index (χ0) is 14.1. The van der Waals surface area contributed by atoms with E-state index in [0.29, 0.717) is 5.92 Å². The molecule has 3 N–H and O–H groups in total. The SMILES string of the molecule is CC(C(N)=O)N1CCC(c2c[nH]c3ccccc23)CC1. The summed E-state index contributed by atoms with van der Waals surface area (Å²) in [5.41, 5.74) is 8.00. The molecule has 1 atom stereocenters. The number of carbonyl (C=O) groups excluding carboxylic acids is 1. The molecule has 1 fully saturated rings. The van der Waals surface area contributed by atoms with E-state index < -0.39 is 0 Å². The van der Waals surface area contributed by atoms with E-state index in [9.17, 15) is 4.79 Å². The van der Waals surface area contributed by atoms with Gasteiger partial charge >= 0.3 is 0 Å². The van der Waals surface area contributed by atoms with Crippen LogP contribution >= 0.6 is 0 Å². The van der Waals surface area contributed by atoms with E-state index in [0.717, 1.165) is 25.9 Å². The van der Waals surface area contributed by atoms with E-state index in [1.807, 2.05) is 6.92 Å². The molecule has 1 aromatic heterocycles. The Morgan fingerprint density at radius 2 is 2.05 bits per heavy atom. The van der Waals surface area contributed by atoms with Crippen molar-refractivity contribution in [2.45, 2.75) is 31.7 Å². The monoisotopic (exact) mass is 271 g/mol. The maximum absolute atomic E-state index is 11.3. The number of hydrogen-bond acceptors (Lipinski definition) is 2. The Kier molecular flexibility index (Phi) is 3.49. The zero-order valence-electron chi connectivity index (χ0n) is 11.8. The van der Waals surface area contributed by atoms with Gasteiger partial charge in [-0.2, -0.15) is 0 Å². The van der Waals surface area contributed by atoms with Crippen LogP contribution in [0.4, 0.5) is 0 Å². The molecule has 0 aliphatic carbocycles. The summed E-state index contributed by atoms with van der Waals surface area (Å²) < 4.78 is 0. The van der Waals surface area contributed by atoms with Crippen molar-refractivity contribution in [2.75, 3.05) is 13.1 Å². The number of rotatable bonds is 3. The van der Waals surface area contributed by atoms with Crippen LogP contribution in [0.3, 0.4) is 0 Å². The predicted octanol–water partition coefficient (Wildman–Crippen LogP) is 2.22. The van der Waals surface area contributed by atoms with Gasteiger partial charge in [-0.15, -0.1) is 0 Å². The fourth-order valence-corrected chi connectivity index (χ4v) is 3.21. The second-order valence-electron chi connectivity index (χ2n) is 5.68. The molecule has 1 amide bonds. The van der Waals surface area contributed by atoms with Gasteiger partial charge < -0.3 is 10.7 Å². The molecule has 0 bridgehead atoms. The third-order valence-electron chi connectivity index (χ3n) is 4.55. The summed E-state index contributed by atoms with van der Waals surface area (Å²) in [6, 6.07) is 8.28. The Morgan fingerprint density at radius 1 is 1.35 bits per heavy atom. The highest BCUT2D eigenvalue weighted by Gasteiger charge is 2.27. The highest BCUT2D eigenvalue weighted by Crippen LogP contribution is 2.33. The van der Waals surface area contributed by atoms with Crippen LogP contribution in [0.15, 0.2) is 30.5 Å². The van der Waals surface area contributed by atoms with Crippen LogP contribution in [0.2, 0.25) is 0 Å². The maximum Gasteiger partial charge on any atom is 0.234 e. The van der Waals surface area contributed by atoms with Crippen LogP contribution in [-0.4, -0.2) is 34.9 Å². The van der Waals surface area contributed by atoms with E-state index >= 15 is 0 Å². The molecule has 1 unspecified atom stereocenters. The summed E-state index contributed by atoms with van der Waals surface area (Å²) in [6.07, 6.45) is 4.31. The number of primary amides is 1. The highest BCUT2D eigenvalue weighted by atomic mass is 16.1. The molecule has 2 heterocycles. The number of carbonyl (C=O) groups is 1. The minimum absolute atomic E-state index is 0.154. The number of aromatic amines is 1. The molecule has 0 radical (unpaired) electrons. The van der Waals surface area contributed by atoms with Crippen molar-refractivity contribution in [3.8, 4) is 0 Å². The van der Waals surface area contributed by atoms with Gasteiger partial charge in [0.15, 0.2) is 0 Å². The number of para-hydroxylation sites is 1. The average Bonchev–Trinajstić information content (AvgIpc) is 2.90. The van der Waals surface area contributed by atoms with Gasteiger partial charge in [-0.25, -0.2) is 0 Å². The normalized spacial score (nSPS) is 19.2. The van der Waals surface area contributed by atoms with Crippen molar-refractivity contribution >= 4 is 16.8 Å². The first-order valence-electron chi connectivity index (χ1n) is 7.26. The Balaban J connectivity index is 1.74. The van der Waals surface area contributed by atoms with E-state index in [4.69, 9.17) is 5.73 Å². The largest absolute Gasteiger partial charge is 0.368 e. The van der Waals surface area contributed by atoms with Crippen LogP contribution in [-0.2, 0) is 4.79 Å². The van der Waals surface area contributed by atoms with E-state index in [2.05, 4.69) is 40.3 Å². The lowest BCUT2D eigenvalue weighted by molar-refractivity contribution is -0.123. The summed E-state index contributed by atoms with van der Waals surface area (Å²) in [7, 11) is 0. The summed E-state index contributed by atoms with van der Waals surface area (Å²) in [4.78, 5) is 16.8. The molecule has 4 nitrogen and oxygen atoms in total. The summed E-state index contributed by atoms with van der Waals surface area (Å²) in [6.45, 7) is 3.77. The summed E-state index contributed by atoms with van der Waals surface area (Å²) >= 11 is 0. The van der Waals surface area contributed by atoms with E-state index in [-0.39, 0.29) is 11.9 Å². The minimum Gasteiger partial charge on any atom is -0.368 e. The van der Waals surface area contributed by atoms with Crippen LogP contribution in [0.5, 0.6) is 0 Å². The quantitative estimate of drug-likeness (QED) is 0.899. The summed E-state index contributed by atoms with van der Waals surface area (Å²) in [5, 5.41) is 1.33. The number of amides is 1. The third-order valence-corrected chi connectivity index (χ3v) is 4.55. The van der Waals surface area contributed by atoms with Gasteiger partial charge in [0.1, 0.15) is 0 Å². The number of fused-ring (bicyclic) bond motifs is 1. The predicted molar refractivity (Wildman–Crippen MR) is 80.5 cm³/mol. The molecule has 1 saturated heterocycles. The lowest BCUT2D eigenvalue weighted by Gasteiger charge is -2.34. The molecular formula is C16H21N3O. The van der Waals surface area contributed by atoms with Crippen molar-refractivity contribution in [1.29, 1.82) is 0 Å². The van der Waals surface area contributed by atoms with Crippen molar-refractivity contribution < 1.29 is 4.79 Å². The van der Waals surface area contributed by atoms with Gasteiger partial charge in [-0.05, 0) is 50.4 Å². The number of likely N-dealkylation sites (tertiary alicyclic amines) is 1. The van der Waals surface area contributed by atoms with Crippen molar-refractivity contribution in [1.82, 2.24) is 9.88 Å². The molecule has 0 saturated carbocycles. The molecule has 0 spiro atoms. The number of nitrogens with one attached hydrogen (secondary N) is 1. The molecule has 2 aromatic rings. The van der Waals surface area contributed by atoms with Crippen LogP contribution in [0, 0.1) is 0 Å². The van der Waals surface area contributed by atoms with Crippen molar-refractivity contribution in [3.63, 3.8) is 0 Å². The Hall–Kier alpha value is -1.81. The van der Waals surface area contributed by atoms with Crippen molar-refractivity contribution in [3.05, 3.63) is 36.0 Å². The maximum atomic E-state index is 11.3. The van der Waals surface area contributed by atoms with E-state index in [1.165, 1.54) is 16.5 Å². The standard InChI is InChI=1S/C16H21N3O/c1-11(16(17)20)19-8-6-12(7-9-19)14-10-18-15-5-3-2-4-13(14)15/h2-5,10-12,18H,6-9H2,1H3,(H2,17,20). The number of piperidine rings is 1. The number of aromatic nitrogens is 1. The zero-order valence-corrected chi connectivity index (χ0v) is 11.8. The first-order chi connectivity index (χ1) is 9.66. The lowest BCUT2D eigenvalue weighted by atomic mass is 9.88. The lowest BCUT2D eigenvalue weighted by Crippen LogP contribution is -2.46. The van der Waals surface area contributed by atoms with E-state index in [1.54, 1.807) is 0 Å². The number of nitrogens with two attached hydrogens (primary N) is 1. The van der Waals surface area contributed by atoms with Crippen LogP contribution in [0.1, 0.15) is 31.2 Å². The molecule has 1 aliphatic heterocycles.